The largest absolute Gasteiger partial charge is 0.355 e. The lowest BCUT2D eigenvalue weighted by Crippen LogP contribution is -2.45. The normalized spacial score (nSPS) is 11.4. The molecule has 0 atom stereocenters. The molecule has 0 saturated heterocycles. The average Bonchev–Trinajstić information content (AvgIpc) is 2.44. The molecule has 0 heterocycles. The van der Waals surface area contributed by atoms with Crippen molar-refractivity contribution in [2.75, 3.05) is 13.1 Å². The summed E-state index contributed by atoms with van der Waals surface area (Å²) in [5.41, 5.74) is 6.50. The molecule has 1 aromatic carbocycles. The summed E-state index contributed by atoms with van der Waals surface area (Å²) >= 11 is 5.83. The minimum Gasteiger partial charge on any atom is -0.355 e. The number of nitrogens with two attached hydrogens (primary N) is 1. The molecule has 0 spiro atoms. The van der Waals surface area contributed by atoms with Crippen LogP contribution in [-0.2, 0) is 11.2 Å². The van der Waals surface area contributed by atoms with Crippen LogP contribution in [0.5, 0.6) is 0 Å². The molecular weight excluding hydrogens is 260 g/mol. The maximum Gasteiger partial charge on any atom is 0.227 e. The van der Waals surface area contributed by atoms with Gasteiger partial charge in [0.1, 0.15) is 0 Å². The van der Waals surface area contributed by atoms with Crippen LogP contribution >= 0.6 is 11.6 Å². The molecule has 0 radical (unpaired) electrons. The van der Waals surface area contributed by atoms with Crippen molar-refractivity contribution in [3.05, 3.63) is 34.9 Å². The van der Waals surface area contributed by atoms with Crippen LogP contribution in [0.2, 0.25) is 5.02 Å². The Kier molecular flexibility index (Phi) is 6.32. The van der Waals surface area contributed by atoms with Gasteiger partial charge in [-0.1, -0.05) is 37.6 Å². The van der Waals surface area contributed by atoms with E-state index in [2.05, 4.69) is 5.32 Å². The van der Waals surface area contributed by atoms with Gasteiger partial charge in [0.15, 0.2) is 0 Å². The summed E-state index contributed by atoms with van der Waals surface area (Å²) in [7, 11) is 0. The van der Waals surface area contributed by atoms with E-state index >= 15 is 0 Å². The maximum atomic E-state index is 12.2. The van der Waals surface area contributed by atoms with Crippen molar-refractivity contribution in [2.45, 2.75) is 33.1 Å². The van der Waals surface area contributed by atoms with E-state index in [0.717, 1.165) is 29.8 Å². The molecule has 0 aliphatic rings. The number of nitrogens with one attached hydrogen (secondary N) is 1. The summed E-state index contributed by atoms with van der Waals surface area (Å²) in [6.45, 7) is 5.04. The quantitative estimate of drug-likeness (QED) is 0.808. The van der Waals surface area contributed by atoms with Crippen molar-refractivity contribution < 1.29 is 4.79 Å². The van der Waals surface area contributed by atoms with Crippen LogP contribution in [0.4, 0.5) is 0 Å². The summed E-state index contributed by atoms with van der Waals surface area (Å²) in [4.78, 5) is 12.2. The molecule has 3 nitrogen and oxygen atoms in total. The van der Waals surface area contributed by atoms with Gasteiger partial charge in [0.25, 0.3) is 0 Å². The molecule has 1 rings (SSSR count). The Morgan fingerprint density at radius 3 is 2.32 bits per heavy atom. The highest BCUT2D eigenvalue weighted by molar-refractivity contribution is 6.30. The Bertz CT molecular complexity index is 391. The van der Waals surface area contributed by atoms with Crippen LogP contribution < -0.4 is 11.1 Å². The minimum absolute atomic E-state index is 0.0639. The predicted octanol–water partition coefficient (Wildman–Crippen LogP) is 2.76. The molecule has 3 N–H and O–H groups in total. The van der Waals surface area contributed by atoms with Crippen molar-refractivity contribution >= 4 is 17.5 Å². The standard InChI is InChI=1S/C15H23ClN2O/c1-3-15(4-2,11-17)14(19)18-10-9-12-5-7-13(16)8-6-12/h5-8H,3-4,9-11,17H2,1-2H3,(H,18,19). The molecule has 0 bridgehead atoms. The summed E-state index contributed by atoms with van der Waals surface area (Å²) < 4.78 is 0. The number of benzene rings is 1. The van der Waals surface area contributed by atoms with Gasteiger partial charge in [0.05, 0.1) is 5.41 Å². The second kappa shape index (κ2) is 7.51. The summed E-state index contributed by atoms with van der Waals surface area (Å²) in [5, 5.41) is 3.72. The number of hydrogen-bond donors (Lipinski definition) is 2. The van der Waals surface area contributed by atoms with Crippen molar-refractivity contribution in [3.8, 4) is 0 Å². The van der Waals surface area contributed by atoms with E-state index in [1.165, 1.54) is 0 Å². The van der Waals surface area contributed by atoms with Gasteiger partial charge < -0.3 is 11.1 Å². The third kappa shape index (κ3) is 4.22. The molecule has 1 aromatic rings. The molecule has 106 valence electrons. The Balaban J connectivity index is 2.48. The Labute approximate surface area is 120 Å². The van der Waals surface area contributed by atoms with Crippen LogP contribution in [0, 0.1) is 5.41 Å². The molecule has 0 aliphatic heterocycles. The van der Waals surface area contributed by atoms with Crippen LogP contribution in [0.3, 0.4) is 0 Å². The first-order chi connectivity index (χ1) is 9.07. The number of carbonyl (C=O) groups is 1. The van der Waals surface area contributed by atoms with E-state index in [0.29, 0.717) is 13.1 Å². The molecule has 0 aromatic heterocycles. The lowest BCUT2D eigenvalue weighted by Gasteiger charge is -2.28. The van der Waals surface area contributed by atoms with Crippen LogP contribution in [0.1, 0.15) is 32.3 Å². The third-order valence-corrected chi connectivity index (χ3v) is 4.09. The predicted molar refractivity (Wildman–Crippen MR) is 80.2 cm³/mol. The second-order valence-electron chi connectivity index (χ2n) is 4.82. The molecule has 0 fully saturated rings. The Hall–Kier alpha value is -1.06. The van der Waals surface area contributed by atoms with Crippen LogP contribution in [0.25, 0.3) is 0 Å². The zero-order chi connectivity index (χ0) is 14.3. The van der Waals surface area contributed by atoms with Gasteiger partial charge in [-0.3, -0.25) is 4.79 Å². The zero-order valence-corrected chi connectivity index (χ0v) is 12.5. The first-order valence-electron chi connectivity index (χ1n) is 6.80. The fraction of sp³-hybridized carbons (Fsp3) is 0.533. The summed E-state index contributed by atoms with van der Waals surface area (Å²) in [6.07, 6.45) is 2.34. The topological polar surface area (TPSA) is 55.1 Å². The summed E-state index contributed by atoms with van der Waals surface area (Å²) in [5.74, 6) is 0.0639. The molecule has 0 saturated carbocycles. The van der Waals surface area contributed by atoms with Gasteiger partial charge in [0.2, 0.25) is 5.91 Å². The Morgan fingerprint density at radius 2 is 1.84 bits per heavy atom. The van der Waals surface area contributed by atoms with E-state index < -0.39 is 5.41 Å². The van der Waals surface area contributed by atoms with E-state index in [1.54, 1.807) is 0 Å². The molecule has 19 heavy (non-hydrogen) atoms. The molecule has 0 unspecified atom stereocenters. The molecule has 0 aliphatic carbocycles. The van der Waals surface area contributed by atoms with E-state index in [4.69, 9.17) is 17.3 Å². The van der Waals surface area contributed by atoms with Crippen molar-refractivity contribution in [2.24, 2.45) is 11.1 Å². The number of rotatable bonds is 7. The van der Waals surface area contributed by atoms with Gasteiger partial charge >= 0.3 is 0 Å². The lowest BCUT2D eigenvalue weighted by molar-refractivity contribution is -0.131. The number of carbonyl (C=O) groups excluding carboxylic acids is 1. The van der Waals surface area contributed by atoms with Gasteiger partial charge in [-0.05, 0) is 37.0 Å². The van der Waals surface area contributed by atoms with Crippen LogP contribution in [-0.4, -0.2) is 19.0 Å². The first-order valence-corrected chi connectivity index (χ1v) is 7.18. The maximum absolute atomic E-state index is 12.2. The van der Waals surface area contributed by atoms with Gasteiger partial charge in [-0.2, -0.15) is 0 Å². The molecule has 1 amide bonds. The van der Waals surface area contributed by atoms with E-state index in [9.17, 15) is 4.79 Å². The fourth-order valence-corrected chi connectivity index (χ4v) is 2.24. The highest BCUT2D eigenvalue weighted by atomic mass is 35.5. The first kappa shape index (κ1) is 16.0. The number of halogens is 1. The highest BCUT2D eigenvalue weighted by Crippen LogP contribution is 2.24. The third-order valence-electron chi connectivity index (χ3n) is 3.84. The van der Waals surface area contributed by atoms with Crippen molar-refractivity contribution in [1.29, 1.82) is 0 Å². The number of amides is 1. The molecular formula is C15H23ClN2O. The summed E-state index contributed by atoms with van der Waals surface area (Å²) in [6, 6.07) is 7.68. The smallest absolute Gasteiger partial charge is 0.227 e. The second-order valence-corrected chi connectivity index (χ2v) is 5.26. The Morgan fingerprint density at radius 1 is 1.26 bits per heavy atom. The highest BCUT2D eigenvalue weighted by Gasteiger charge is 2.32. The van der Waals surface area contributed by atoms with Gasteiger partial charge in [-0.15, -0.1) is 0 Å². The van der Waals surface area contributed by atoms with E-state index in [-0.39, 0.29) is 5.91 Å². The average molecular weight is 283 g/mol. The monoisotopic (exact) mass is 282 g/mol. The van der Waals surface area contributed by atoms with Gasteiger partial charge in [-0.25, -0.2) is 0 Å². The lowest BCUT2D eigenvalue weighted by atomic mass is 9.81. The van der Waals surface area contributed by atoms with Crippen molar-refractivity contribution in [3.63, 3.8) is 0 Å². The zero-order valence-electron chi connectivity index (χ0n) is 11.7. The number of hydrogen-bond acceptors (Lipinski definition) is 2. The minimum atomic E-state index is -0.417. The van der Waals surface area contributed by atoms with Crippen molar-refractivity contribution in [1.82, 2.24) is 5.32 Å². The molecule has 4 heteroatoms. The fourth-order valence-electron chi connectivity index (χ4n) is 2.11. The van der Waals surface area contributed by atoms with E-state index in [1.807, 2.05) is 38.1 Å². The van der Waals surface area contributed by atoms with Gasteiger partial charge in [0, 0.05) is 18.1 Å². The van der Waals surface area contributed by atoms with Crippen LogP contribution in [0.15, 0.2) is 24.3 Å². The SMILES string of the molecule is CCC(CC)(CN)C(=O)NCCc1ccc(Cl)cc1.